The molecule has 5 nitrogen and oxygen atoms in total. The molecule has 0 radical (unpaired) electrons. The molecule has 0 atom stereocenters. The van der Waals surface area contributed by atoms with Gasteiger partial charge in [-0.1, -0.05) is 11.6 Å². The molecule has 0 aromatic carbocycles. The summed E-state index contributed by atoms with van der Waals surface area (Å²) in [6.45, 7) is 4.74. The van der Waals surface area contributed by atoms with Crippen molar-refractivity contribution in [1.82, 2.24) is 14.5 Å². The van der Waals surface area contributed by atoms with E-state index in [4.69, 9.17) is 16.3 Å². The quantitative estimate of drug-likeness (QED) is 0.699. The van der Waals surface area contributed by atoms with E-state index in [9.17, 15) is 4.79 Å². The zero-order chi connectivity index (χ0) is 17.8. The maximum atomic E-state index is 11.3. The second kappa shape index (κ2) is 7.83. The van der Waals surface area contributed by atoms with E-state index in [1.54, 1.807) is 0 Å². The van der Waals surface area contributed by atoms with E-state index in [0.717, 1.165) is 25.0 Å². The number of hydrogen-bond acceptors (Lipinski definition) is 4. The van der Waals surface area contributed by atoms with Gasteiger partial charge in [0.1, 0.15) is 12.4 Å². The fourth-order valence-corrected chi connectivity index (χ4v) is 3.40. The third kappa shape index (κ3) is 3.76. The van der Waals surface area contributed by atoms with Gasteiger partial charge in [-0.3, -0.25) is 9.78 Å². The molecule has 0 amide bonds. The maximum Gasteiger partial charge on any atom is 0.155 e. The Bertz CT molecular complexity index is 796. The summed E-state index contributed by atoms with van der Waals surface area (Å²) < 4.78 is 8.10. The zero-order valence-corrected chi connectivity index (χ0v) is 15.3. The first kappa shape index (κ1) is 17.7. The van der Waals surface area contributed by atoms with Crippen molar-refractivity contribution < 1.29 is 9.53 Å². The lowest BCUT2D eigenvalue weighted by atomic mass is 9.90. The highest BCUT2D eigenvalue weighted by molar-refractivity contribution is 6.33. The van der Waals surface area contributed by atoms with Gasteiger partial charge in [-0.05, 0) is 50.7 Å². The smallest absolute Gasteiger partial charge is 0.155 e. The van der Waals surface area contributed by atoms with Crippen molar-refractivity contribution in [3.8, 4) is 5.75 Å². The van der Waals surface area contributed by atoms with E-state index in [2.05, 4.69) is 28.4 Å². The molecule has 0 bridgehead atoms. The first-order valence-corrected chi connectivity index (χ1v) is 8.94. The van der Waals surface area contributed by atoms with Crippen LogP contribution in [0.5, 0.6) is 5.75 Å². The predicted molar refractivity (Wildman–Crippen MR) is 98.1 cm³/mol. The van der Waals surface area contributed by atoms with Crippen molar-refractivity contribution in [1.29, 1.82) is 0 Å². The fourth-order valence-electron chi connectivity index (χ4n) is 3.21. The van der Waals surface area contributed by atoms with Gasteiger partial charge in [0.2, 0.25) is 0 Å². The number of rotatable bonds is 6. The number of pyridine rings is 1. The second-order valence-electron chi connectivity index (χ2n) is 6.51. The summed E-state index contributed by atoms with van der Waals surface area (Å²) in [6, 6.07) is 0.355. The summed E-state index contributed by atoms with van der Waals surface area (Å²) in [5.41, 5.74) is 4.07. The predicted octanol–water partition coefficient (Wildman–Crippen LogP) is 4.73. The van der Waals surface area contributed by atoms with Crippen molar-refractivity contribution in [3.63, 3.8) is 0 Å². The molecule has 3 rings (SSSR count). The average molecular weight is 360 g/mol. The molecule has 0 saturated carbocycles. The lowest BCUT2D eigenvalue weighted by Gasteiger charge is -2.23. The largest absolute Gasteiger partial charge is 0.487 e. The van der Waals surface area contributed by atoms with Crippen LogP contribution >= 0.6 is 11.6 Å². The molecule has 0 spiro atoms. The standard InChI is InChI=1S/C19H22ClN3O2/c1-13(2)23-12-22-8-18(23)15-6-4-3-5-14(15)11-25-19-9-21-7-17(20)16(19)10-24/h7-10,12-13H,3-6,11H2,1-2H3. The Kier molecular flexibility index (Phi) is 5.53. The molecule has 1 aliphatic rings. The van der Waals surface area contributed by atoms with E-state index in [1.807, 2.05) is 12.5 Å². The number of aromatic nitrogens is 3. The van der Waals surface area contributed by atoms with Gasteiger partial charge in [0.05, 0.1) is 35.0 Å². The summed E-state index contributed by atoms with van der Waals surface area (Å²) in [6.07, 6.45) is 11.8. The first-order valence-electron chi connectivity index (χ1n) is 8.56. The highest BCUT2D eigenvalue weighted by atomic mass is 35.5. The summed E-state index contributed by atoms with van der Waals surface area (Å²) in [4.78, 5) is 19.6. The molecular weight excluding hydrogens is 338 g/mol. The summed E-state index contributed by atoms with van der Waals surface area (Å²) in [5.74, 6) is 0.428. The van der Waals surface area contributed by atoms with Gasteiger partial charge in [-0.25, -0.2) is 4.98 Å². The lowest BCUT2D eigenvalue weighted by Crippen LogP contribution is -2.12. The maximum absolute atomic E-state index is 11.3. The van der Waals surface area contributed by atoms with Crippen LogP contribution in [0.2, 0.25) is 5.02 Å². The van der Waals surface area contributed by atoms with Crippen LogP contribution in [-0.4, -0.2) is 27.4 Å². The van der Waals surface area contributed by atoms with Gasteiger partial charge in [0.15, 0.2) is 6.29 Å². The first-order chi connectivity index (χ1) is 12.1. The van der Waals surface area contributed by atoms with Crippen molar-refractivity contribution in [2.75, 3.05) is 6.61 Å². The number of hydrogen-bond donors (Lipinski definition) is 0. The molecule has 2 aromatic rings. The number of aldehydes is 1. The Balaban J connectivity index is 1.89. The van der Waals surface area contributed by atoms with Crippen molar-refractivity contribution in [2.45, 2.75) is 45.6 Å². The Morgan fingerprint density at radius 1 is 1.24 bits per heavy atom. The molecule has 6 heteroatoms. The number of nitrogens with zero attached hydrogens (tertiary/aromatic N) is 3. The molecule has 0 aliphatic heterocycles. The number of halogens is 1. The Labute approximate surface area is 152 Å². The van der Waals surface area contributed by atoms with Crippen LogP contribution in [0.3, 0.4) is 0 Å². The third-order valence-corrected chi connectivity index (χ3v) is 4.84. The molecule has 132 valence electrons. The highest BCUT2D eigenvalue weighted by Crippen LogP contribution is 2.34. The molecule has 0 saturated heterocycles. The highest BCUT2D eigenvalue weighted by Gasteiger charge is 2.19. The number of carbonyl (C=O) groups excluding carboxylic acids is 1. The molecule has 0 fully saturated rings. The van der Waals surface area contributed by atoms with E-state index in [0.29, 0.717) is 35.3 Å². The summed E-state index contributed by atoms with van der Waals surface area (Å²) >= 11 is 6.02. The van der Waals surface area contributed by atoms with E-state index in [-0.39, 0.29) is 0 Å². The summed E-state index contributed by atoms with van der Waals surface area (Å²) in [7, 11) is 0. The minimum atomic E-state index is 0.309. The number of allylic oxidation sites excluding steroid dienone is 1. The van der Waals surface area contributed by atoms with Gasteiger partial charge in [-0.2, -0.15) is 0 Å². The monoisotopic (exact) mass is 359 g/mol. The minimum Gasteiger partial charge on any atom is -0.487 e. The zero-order valence-electron chi connectivity index (χ0n) is 14.5. The molecular formula is C19H22ClN3O2. The lowest BCUT2D eigenvalue weighted by molar-refractivity contribution is 0.112. The van der Waals surface area contributed by atoms with Crippen molar-refractivity contribution in [2.24, 2.45) is 0 Å². The van der Waals surface area contributed by atoms with Gasteiger partial charge in [0, 0.05) is 12.2 Å². The minimum absolute atomic E-state index is 0.309. The fraction of sp³-hybridized carbons (Fsp3) is 0.421. The molecule has 2 aromatic heterocycles. The molecule has 2 heterocycles. The second-order valence-corrected chi connectivity index (χ2v) is 6.92. The summed E-state index contributed by atoms with van der Waals surface area (Å²) in [5, 5.41) is 0.309. The van der Waals surface area contributed by atoms with Crippen LogP contribution in [0.25, 0.3) is 5.57 Å². The Morgan fingerprint density at radius 2 is 2.04 bits per heavy atom. The van der Waals surface area contributed by atoms with Crippen LogP contribution < -0.4 is 4.74 Å². The van der Waals surface area contributed by atoms with Gasteiger partial charge in [-0.15, -0.1) is 0 Å². The topological polar surface area (TPSA) is 57.0 Å². The molecule has 1 aliphatic carbocycles. The average Bonchev–Trinajstić information content (AvgIpc) is 3.10. The van der Waals surface area contributed by atoms with Gasteiger partial charge >= 0.3 is 0 Å². The van der Waals surface area contributed by atoms with Crippen molar-refractivity contribution >= 4 is 23.5 Å². The Morgan fingerprint density at radius 3 is 2.80 bits per heavy atom. The third-order valence-electron chi connectivity index (χ3n) is 4.54. The molecule has 0 unspecified atom stereocenters. The van der Waals surface area contributed by atoms with E-state index < -0.39 is 0 Å². The number of imidazole rings is 1. The van der Waals surface area contributed by atoms with Crippen LogP contribution in [-0.2, 0) is 0 Å². The number of carbonyl (C=O) groups is 1. The molecule has 0 N–H and O–H groups in total. The Hall–Kier alpha value is -2.14. The van der Waals surface area contributed by atoms with Crippen LogP contribution in [0.4, 0.5) is 0 Å². The van der Waals surface area contributed by atoms with E-state index in [1.165, 1.54) is 30.0 Å². The van der Waals surface area contributed by atoms with Gasteiger partial charge in [0.25, 0.3) is 0 Å². The van der Waals surface area contributed by atoms with Crippen LogP contribution in [0, 0.1) is 0 Å². The van der Waals surface area contributed by atoms with Crippen LogP contribution in [0.15, 0.2) is 30.5 Å². The van der Waals surface area contributed by atoms with E-state index >= 15 is 0 Å². The molecule has 25 heavy (non-hydrogen) atoms. The normalized spacial score (nSPS) is 14.9. The van der Waals surface area contributed by atoms with Crippen LogP contribution in [0.1, 0.15) is 61.6 Å². The van der Waals surface area contributed by atoms with Gasteiger partial charge < -0.3 is 9.30 Å². The number of ether oxygens (including phenoxy) is 1. The van der Waals surface area contributed by atoms with Crippen molar-refractivity contribution in [3.05, 3.63) is 46.8 Å². The SMILES string of the molecule is CC(C)n1cncc1C1=C(COc2cncc(Cl)c2C=O)CCCC1.